The van der Waals surface area contributed by atoms with Crippen LogP contribution in [0.4, 0.5) is 8.78 Å². The van der Waals surface area contributed by atoms with Crippen molar-refractivity contribution in [1.29, 1.82) is 0 Å². The molecule has 0 radical (unpaired) electrons. The molecule has 1 heterocycles. The van der Waals surface area contributed by atoms with E-state index in [1.165, 1.54) is 12.1 Å². The van der Waals surface area contributed by atoms with Crippen molar-refractivity contribution in [2.24, 2.45) is 0 Å². The van der Waals surface area contributed by atoms with Crippen LogP contribution in [0.25, 0.3) is 0 Å². The number of fused-ring (bicyclic) bond motifs is 2. The molecule has 0 unspecified atom stereocenters. The van der Waals surface area contributed by atoms with Gasteiger partial charge in [0.1, 0.15) is 24.0 Å². The summed E-state index contributed by atoms with van der Waals surface area (Å²) in [5.74, 6) is -0.395. The molecule has 0 bridgehead atoms. The molecule has 2 aliphatic rings. The largest absolute Gasteiger partial charge is 0.492 e. The van der Waals surface area contributed by atoms with Crippen LogP contribution in [-0.4, -0.2) is 50.1 Å². The summed E-state index contributed by atoms with van der Waals surface area (Å²) in [5.41, 5.74) is 4.57. The highest BCUT2D eigenvalue weighted by Crippen LogP contribution is 2.31. The van der Waals surface area contributed by atoms with E-state index < -0.39 is 11.6 Å². The molecule has 0 amide bonds. The number of rotatable bonds is 6. The van der Waals surface area contributed by atoms with Crippen molar-refractivity contribution >= 4 is 5.78 Å². The molecule has 0 N–H and O–H groups in total. The summed E-state index contributed by atoms with van der Waals surface area (Å²) < 4.78 is 38.9. The minimum Gasteiger partial charge on any atom is -0.492 e. The van der Waals surface area contributed by atoms with Gasteiger partial charge in [-0.15, -0.1) is 0 Å². The van der Waals surface area contributed by atoms with Crippen molar-refractivity contribution in [3.05, 3.63) is 99.6 Å². The third-order valence-electron chi connectivity index (χ3n) is 6.61. The second-order valence-electron chi connectivity index (χ2n) is 8.82. The Hall–Kier alpha value is -3.09. The lowest BCUT2D eigenvalue weighted by Gasteiger charge is -2.26. The quantitative estimate of drug-likeness (QED) is 0.536. The van der Waals surface area contributed by atoms with Crippen molar-refractivity contribution in [2.45, 2.75) is 19.3 Å². The molecule has 3 aromatic carbocycles. The van der Waals surface area contributed by atoms with Crippen LogP contribution in [0.3, 0.4) is 0 Å². The lowest BCUT2D eigenvalue weighted by Crippen LogP contribution is -2.38. The Morgan fingerprint density at radius 2 is 1.79 bits per heavy atom. The zero-order valence-electron chi connectivity index (χ0n) is 19.0. The molecule has 176 valence electrons. The van der Waals surface area contributed by atoms with Gasteiger partial charge in [-0.25, -0.2) is 8.78 Å². The monoisotopic (exact) mass is 463 g/mol. The first-order valence-electron chi connectivity index (χ1n) is 11.7. The first-order valence-corrected chi connectivity index (χ1v) is 11.7. The second-order valence-corrected chi connectivity index (χ2v) is 8.82. The average molecular weight is 464 g/mol. The zero-order chi connectivity index (χ0) is 23.5. The topological polar surface area (TPSA) is 38.8 Å². The molecule has 5 rings (SSSR count). The van der Waals surface area contributed by atoms with E-state index in [9.17, 15) is 13.6 Å². The standard InChI is InChI=1S/C28H27F2NO3/c29-22-7-5-21(26(30)18-22)17-19-4-8-23-20(16-19)6-9-24-25(28(23)32)2-1-3-27(24)34-15-12-31-10-13-33-14-11-31/h1-5,7-8,16,18H,6,9-15,17H2. The molecule has 1 aliphatic carbocycles. The fraction of sp³-hybridized carbons (Fsp3) is 0.321. The Balaban J connectivity index is 1.33. The van der Waals surface area contributed by atoms with Crippen LogP contribution in [0.2, 0.25) is 0 Å². The second kappa shape index (κ2) is 10.0. The molecule has 0 spiro atoms. The van der Waals surface area contributed by atoms with E-state index >= 15 is 0 Å². The van der Waals surface area contributed by atoms with Gasteiger partial charge < -0.3 is 9.47 Å². The Labute approximate surface area is 198 Å². The number of aryl methyl sites for hydroxylation is 1. The van der Waals surface area contributed by atoms with E-state index in [0.29, 0.717) is 42.6 Å². The van der Waals surface area contributed by atoms with Crippen LogP contribution in [0.15, 0.2) is 54.6 Å². The third-order valence-corrected chi connectivity index (χ3v) is 6.61. The van der Waals surface area contributed by atoms with E-state index in [-0.39, 0.29) is 5.78 Å². The maximum Gasteiger partial charge on any atom is 0.193 e. The van der Waals surface area contributed by atoms with Crippen molar-refractivity contribution < 1.29 is 23.0 Å². The lowest BCUT2D eigenvalue weighted by atomic mass is 9.95. The molecule has 0 saturated carbocycles. The summed E-state index contributed by atoms with van der Waals surface area (Å²) >= 11 is 0. The highest BCUT2D eigenvalue weighted by molar-refractivity contribution is 6.11. The van der Waals surface area contributed by atoms with Crippen molar-refractivity contribution in [3.63, 3.8) is 0 Å². The van der Waals surface area contributed by atoms with Gasteiger partial charge >= 0.3 is 0 Å². The summed E-state index contributed by atoms with van der Waals surface area (Å²) in [6, 6.07) is 15.0. The minimum atomic E-state index is -0.588. The van der Waals surface area contributed by atoms with Crippen LogP contribution < -0.4 is 4.74 Å². The predicted molar refractivity (Wildman–Crippen MR) is 126 cm³/mol. The van der Waals surface area contributed by atoms with Crippen molar-refractivity contribution in [2.75, 3.05) is 39.5 Å². The van der Waals surface area contributed by atoms with Gasteiger partial charge in [-0.3, -0.25) is 9.69 Å². The van der Waals surface area contributed by atoms with Gasteiger partial charge in [0.2, 0.25) is 0 Å². The highest BCUT2D eigenvalue weighted by Gasteiger charge is 2.24. The molecule has 1 fully saturated rings. The number of hydrogen-bond donors (Lipinski definition) is 0. The van der Waals surface area contributed by atoms with Gasteiger partial charge in [0, 0.05) is 48.8 Å². The van der Waals surface area contributed by atoms with Crippen LogP contribution in [-0.2, 0) is 24.0 Å². The van der Waals surface area contributed by atoms with Crippen LogP contribution in [0, 0.1) is 11.6 Å². The number of ether oxygens (including phenoxy) is 2. The number of ketones is 1. The van der Waals surface area contributed by atoms with Gasteiger partial charge in [-0.1, -0.05) is 36.4 Å². The van der Waals surface area contributed by atoms with Crippen LogP contribution >= 0.6 is 0 Å². The van der Waals surface area contributed by atoms with Crippen molar-refractivity contribution in [1.82, 2.24) is 4.90 Å². The number of carbonyl (C=O) groups excluding carboxylic acids is 1. The smallest absolute Gasteiger partial charge is 0.193 e. The van der Waals surface area contributed by atoms with Gasteiger partial charge in [0.25, 0.3) is 0 Å². The molecule has 6 heteroatoms. The lowest BCUT2D eigenvalue weighted by molar-refractivity contribution is 0.0322. The van der Waals surface area contributed by atoms with E-state index in [1.54, 1.807) is 0 Å². The summed E-state index contributed by atoms with van der Waals surface area (Å²) in [5, 5.41) is 0. The fourth-order valence-corrected chi connectivity index (χ4v) is 4.76. The Morgan fingerprint density at radius 1 is 0.941 bits per heavy atom. The predicted octanol–water partition coefficient (Wildman–Crippen LogP) is 4.60. The Bertz CT molecular complexity index is 1200. The van der Waals surface area contributed by atoms with E-state index in [0.717, 1.165) is 61.4 Å². The zero-order valence-corrected chi connectivity index (χ0v) is 19.0. The maximum atomic E-state index is 14.1. The fourth-order valence-electron chi connectivity index (χ4n) is 4.76. The summed E-state index contributed by atoms with van der Waals surface area (Å²) in [6.07, 6.45) is 1.73. The van der Waals surface area contributed by atoms with Gasteiger partial charge in [0.15, 0.2) is 5.78 Å². The molecular weight excluding hydrogens is 436 g/mol. The molecule has 4 nitrogen and oxygen atoms in total. The molecule has 1 saturated heterocycles. The number of nitrogens with zero attached hydrogens (tertiary/aromatic N) is 1. The molecule has 1 aliphatic heterocycles. The van der Waals surface area contributed by atoms with E-state index in [4.69, 9.17) is 9.47 Å². The number of hydrogen-bond acceptors (Lipinski definition) is 4. The van der Waals surface area contributed by atoms with E-state index in [2.05, 4.69) is 4.90 Å². The SMILES string of the molecule is O=C1c2ccc(Cc3ccc(F)cc3F)cc2CCc2c(OCCN3CCOCC3)cccc21. The number of carbonyl (C=O) groups is 1. The Morgan fingerprint density at radius 3 is 2.62 bits per heavy atom. The Kier molecular flexibility index (Phi) is 6.70. The maximum absolute atomic E-state index is 14.1. The molecule has 3 aromatic rings. The molecular formula is C28H27F2NO3. The van der Waals surface area contributed by atoms with E-state index in [1.807, 2.05) is 36.4 Å². The van der Waals surface area contributed by atoms with Crippen LogP contribution in [0.5, 0.6) is 5.75 Å². The van der Waals surface area contributed by atoms with Gasteiger partial charge in [0.05, 0.1) is 13.2 Å². The first kappa shape index (κ1) is 22.7. The molecule has 34 heavy (non-hydrogen) atoms. The number of halogens is 2. The first-order chi connectivity index (χ1) is 16.6. The number of benzene rings is 3. The van der Waals surface area contributed by atoms with Crippen molar-refractivity contribution in [3.8, 4) is 5.75 Å². The highest BCUT2D eigenvalue weighted by atomic mass is 19.1. The third kappa shape index (κ3) is 4.88. The molecule has 0 atom stereocenters. The number of morpholine rings is 1. The summed E-state index contributed by atoms with van der Waals surface area (Å²) in [4.78, 5) is 15.7. The summed E-state index contributed by atoms with van der Waals surface area (Å²) in [6.45, 7) is 4.71. The average Bonchev–Trinajstić information content (AvgIpc) is 2.98. The molecule has 0 aromatic heterocycles. The van der Waals surface area contributed by atoms with Gasteiger partial charge in [-0.05, 0) is 41.7 Å². The van der Waals surface area contributed by atoms with Gasteiger partial charge in [-0.2, -0.15) is 0 Å². The summed E-state index contributed by atoms with van der Waals surface area (Å²) in [7, 11) is 0. The van der Waals surface area contributed by atoms with Crippen LogP contribution in [0.1, 0.15) is 38.2 Å². The minimum absolute atomic E-state index is 0.0133. The normalized spacial score (nSPS) is 16.0.